The summed E-state index contributed by atoms with van der Waals surface area (Å²) in [7, 11) is 0. The van der Waals surface area contributed by atoms with Gasteiger partial charge in [-0.3, -0.25) is 4.79 Å². The van der Waals surface area contributed by atoms with Crippen molar-refractivity contribution >= 4 is 18.3 Å². The number of carbonyl (C=O) groups excluding carboxylic acids is 1. The first-order valence-corrected chi connectivity index (χ1v) is 6.19. The first-order chi connectivity index (χ1) is 7.18. The molecule has 0 bridgehead atoms. The topological polar surface area (TPSA) is 41.1 Å². The predicted molar refractivity (Wildman–Crippen MR) is 67.7 cm³/mol. The van der Waals surface area contributed by atoms with Crippen LogP contribution in [0.2, 0.25) is 0 Å². The van der Waals surface area contributed by atoms with E-state index in [4.69, 9.17) is 0 Å². The van der Waals surface area contributed by atoms with E-state index in [1.54, 1.807) is 0 Å². The number of rotatable bonds is 3. The number of halogens is 1. The maximum atomic E-state index is 11.5. The largest absolute Gasteiger partial charge is 0.353 e. The molecule has 1 aliphatic heterocycles. The summed E-state index contributed by atoms with van der Waals surface area (Å²) >= 11 is 0. The molecule has 0 aromatic heterocycles. The average molecular weight is 247 g/mol. The Bertz CT molecular complexity index is 239. The van der Waals surface area contributed by atoms with Crippen molar-refractivity contribution in [3.8, 4) is 0 Å². The van der Waals surface area contributed by atoms with Gasteiger partial charge < -0.3 is 10.6 Å². The lowest BCUT2D eigenvalue weighted by molar-refractivity contribution is -0.124. The minimum absolute atomic E-state index is 0. The Morgan fingerprint density at radius 3 is 2.50 bits per heavy atom. The fourth-order valence-corrected chi connectivity index (χ4v) is 2.52. The first-order valence-electron chi connectivity index (χ1n) is 6.19. The maximum absolute atomic E-state index is 11.5. The van der Waals surface area contributed by atoms with E-state index in [-0.39, 0.29) is 24.2 Å². The molecule has 0 aromatic rings. The van der Waals surface area contributed by atoms with Crippen molar-refractivity contribution in [1.29, 1.82) is 0 Å². The normalized spacial score (nSPS) is 29.7. The minimum atomic E-state index is 0. The van der Waals surface area contributed by atoms with Crippen LogP contribution in [0.5, 0.6) is 0 Å². The van der Waals surface area contributed by atoms with Crippen LogP contribution in [0.25, 0.3) is 0 Å². The van der Waals surface area contributed by atoms with E-state index in [1.165, 1.54) is 19.3 Å². The average Bonchev–Trinajstić information content (AvgIpc) is 2.98. The van der Waals surface area contributed by atoms with Gasteiger partial charge in [-0.25, -0.2) is 0 Å². The van der Waals surface area contributed by atoms with E-state index in [0.717, 1.165) is 24.9 Å². The smallest absolute Gasteiger partial charge is 0.222 e. The van der Waals surface area contributed by atoms with Gasteiger partial charge in [0.1, 0.15) is 0 Å². The second-order valence-corrected chi connectivity index (χ2v) is 5.26. The van der Waals surface area contributed by atoms with Gasteiger partial charge in [-0.15, -0.1) is 12.4 Å². The van der Waals surface area contributed by atoms with Crippen LogP contribution in [-0.4, -0.2) is 25.0 Å². The molecule has 1 saturated carbocycles. The Hall–Kier alpha value is -0.280. The molecule has 1 aliphatic carbocycles. The van der Waals surface area contributed by atoms with E-state index in [2.05, 4.69) is 10.6 Å². The highest BCUT2D eigenvalue weighted by molar-refractivity contribution is 5.85. The molecule has 0 spiro atoms. The fraction of sp³-hybridized carbons (Fsp3) is 0.917. The molecule has 2 fully saturated rings. The number of carbonyl (C=O) groups is 1. The van der Waals surface area contributed by atoms with Crippen LogP contribution in [0.15, 0.2) is 0 Å². The van der Waals surface area contributed by atoms with Crippen molar-refractivity contribution in [3.63, 3.8) is 0 Å². The predicted octanol–water partition coefficient (Wildman–Crippen LogP) is 1.57. The van der Waals surface area contributed by atoms with Crippen LogP contribution in [0.1, 0.15) is 33.1 Å². The van der Waals surface area contributed by atoms with Crippen LogP contribution in [0, 0.1) is 17.8 Å². The van der Waals surface area contributed by atoms with Gasteiger partial charge in [0.05, 0.1) is 0 Å². The van der Waals surface area contributed by atoms with Gasteiger partial charge in [0.2, 0.25) is 5.91 Å². The third kappa shape index (κ3) is 3.36. The lowest BCUT2D eigenvalue weighted by Gasteiger charge is -2.22. The SMILES string of the molecule is CC(C)C(=O)N[C@@H]1C[C@H]1C1CCNCC1.Cl. The fourth-order valence-electron chi connectivity index (χ4n) is 2.52. The molecule has 0 unspecified atom stereocenters. The molecule has 2 atom stereocenters. The summed E-state index contributed by atoms with van der Waals surface area (Å²) in [4.78, 5) is 11.5. The highest BCUT2D eigenvalue weighted by Gasteiger charge is 2.43. The van der Waals surface area contributed by atoms with Gasteiger partial charge in [0, 0.05) is 12.0 Å². The molecule has 1 amide bonds. The molecule has 3 nitrogen and oxygen atoms in total. The van der Waals surface area contributed by atoms with E-state index < -0.39 is 0 Å². The van der Waals surface area contributed by atoms with Crippen molar-refractivity contribution in [2.24, 2.45) is 17.8 Å². The van der Waals surface area contributed by atoms with Gasteiger partial charge >= 0.3 is 0 Å². The highest BCUT2D eigenvalue weighted by atomic mass is 35.5. The zero-order valence-corrected chi connectivity index (χ0v) is 11.0. The van der Waals surface area contributed by atoms with Gasteiger partial charge in [0.15, 0.2) is 0 Å². The monoisotopic (exact) mass is 246 g/mol. The standard InChI is InChI=1S/C12H22N2O.ClH/c1-8(2)12(15)14-11-7-10(11)9-3-5-13-6-4-9;/h8-11,13H,3-7H2,1-2H3,(H,14,15);1H/t10-,11+;/m0./s1. The molecule has 0 aromatic carbocycles. The maximum Gasteiger partial charge on any atom is 0.222 e. The third-order valence-corrected chi connectivity index (χ3v) is 3.68. The molecule has 2 rings (SSSR count). The van der Waals surface area contributed by atoms with Crippen molar-refractivity contribution in [2.75, 3.05) is 13.1 Å². The van der Waals surface area contributed by atoms with Gasteiger partial charge in [-0.05, 0) is 44.2 Å². The number of piperidine rings is 1. The number of hydrogen-bond acceptors (Lipinski definition) is 2. The van der Waals surface area contributed by atoms with Gasteiger partial charge in [-0.1, -0.05) is 13.8 Å². The quantitative estimate of drug-likeness (QED) is 0.794. The van der Waals surface area contributed by atoms with Gasteiger partial charge in [0.25, 0.3) is 0 Å². The minimum Gasteiger partial charge on any atom is -0.353 e. The van der Waals surface area contributed by atoms with Crippen LogP contribution in [0.4, 0.5) is 0 Å². The molecular formula is C12H23ClN2O. The van der Waals surface area contributed by atoms with E-state index in [0.29, 0.717) is 6.04 Å². The highest BCUT2D eigenvalue weighted by Crippen LogP contribution is 2.41. The van der Waals surface area contributed by atoms with E-state index in [1.807, 2.05) is 13.8 Å². The Kier molecular flexibility index (Phi) is 5.06. The van der Waals surface area contributed by atoms with Crippen molar-refractivity contribution in [1.82, 2.24) is 10.6 Å². The molecular weight excluding hydrogens is 224 g/mol. The summed E-state index contributed by atoms with van der Waals surface area (Å²) in [5.74, 6) is 1.97. The van der Waals surface area contributed by atoms with Crippen LogP contribution in [0.3, 0.4) is 0 Å². The van der Waals surface area contributed by atoms with Crippen LogP contribution in [-0.2, 0) is 4.79 Å². The van der Waals surface area contributed by atoms with Crippen molar-refractivity contribution < 1.29 is 4.79 Å². The molecule has 2 N–H and O–H groups in total. The molecule has 94 valence electrons. The molecule has 4 heteroatoms. The zero-order chi connectivity index (χ0) is 10.8. The molecule has 1 saturated heterocycles. The molecule has 0 radical (unpaired) electrons. The number of nitrogens with one attached hydrogen (secondary N) is 2. The van der Waals surface area contributed by atoms with Crippen LogP contribution >= 0.6 is 12.4 Å². The number of amides is 1. The van der Waals surface area contributed by atoms with Crippen molar-refractivity contribution in [2.45, 2.75) is 39.2 Å². The second kappa shape index (κ2) is 5.87. The Labute approximate surface area is 104 Å². The third-order valence-electron chi connectivity index (χ3n) is 3.68. The van der Waals surface area contributed by atoms with Crippen LogP contribution < -0.4 is 10.6 Å². The Morgan fingerprint density at radius 1 is 1.31 bits per heavy atom. The molecule has 2 aliphatic rings. The Morgan fingerprint density at radius 2 is 1.94 bits per heavy atom. The summed E-state index contributed by atoms with van der Waals surface area (Å²) in [5.41, 5.74) is 0. The lowest BCUT2D eigenvalue weighted by atomic mass is 9.93. The lowest BCUT2D eigenvalue weighted by Crippen LogP contribution is -2.34. The molecule has 16 heavy (non-hydrogen) atoms. The van der Waals surface area contributed by atoms with Crippen molar-refractivity contribution in [3.05, 3.63) is 0 Å². The summed E-state index contributed by atoms with van der Waals surface area (Å²) in [6.45, 7) is 6.23. The first kappa shape index (κ1) is 13.8. The summed E-state index contributed by atoms with van der Waals surface area (Å²) in [5, 5.41) is 6.53. The number of hydrogen-bond donors (Lipinski definition) is 2. The van der Waals surface area contributed by atoms with E-state index in [9.17, 15) is 4.79 Å². The van der Waals surface area contributed by atoms with Gasteiger partial charge in [-0.2, -0.15) is 0 Å². The second-order valence-electron chi connectivity index (χ2n) is 5.26. The van der Waals surface area contributed by atoms with E-state index >= 15 is 0 Å². The summed E-state index contributed by atoms with van der Waals surface area (Å²) in [6, 6.07) is 0.489. The zero-order valence-electron chi connectivity index (χ0n) is 10.2. The molecule has 1 heterocycles. The Balaban J connectivity index is 0.00000128. The summed E-state index contributed by atoms with van der Waals surface area (Å²) in [6.07, 6.45) is 3.79. The summed E-state index contributed by atoms with van der Waals surface area (Å²) < 4.78 is 0.